The van der Waals surface area contributed by atoms with Crippen LogP contribution < -0.4 is 0 Å². The summed E-state index contributed by atoms with van der Waals surface area (Å²) in [6.07, 6.45) is 1.37. The maximum absolute atomic E-state index is 10.9. The Balaban J connectivity index is 2.61. The predicted octanol–water partition coefficient (Wildman–Crippen LogP) is 1.62. The number of carboxylic acids is 1. The third-order valence-electron chi connectivity index (χ3n) is 2.68. The summed E-state index contributed by atoms with van der Waals surface area (Å²) < 4.78 is 1.47. The van der Waals surface area contributed by atoms with Crippen molar-refractivity contribution in [1.82, 2.24) is 9.55 Å². The molecule has 1 N–H and O–H groups in total. The van der Waals surface area contributed by atoms with E-state index in [1.54, 1.807) is 13.0 Å². The van der Waals surface area contributed by atoms with Crippen molar-refractivity contribution in [1.29, 1.82) is 10.5 Å². The number of carboxylic acid groups (broad SMARTS) is 1. The van der Waals surface area contributed by atoms with Gasteiger partial charge in [0, 0.05) is 0 Å². The number of benzene rings is 1. The second-order valence-electron chi connectivity index (χ2n) is 3.84. The maximum atomic E-state index is 10.9. The Morgan fingerprint density at radius 1 is 1.37 bits per heavy atom. The van der Waals surface area contributed by atoms with Gasteiger partial charge in [-0.2, -0.15) is 10.5 Å². The minimum atomic E-state index is -1.02. The largest absolute Gasteiger partial charge is 0.478 e. The van der Waals surface area contributed by atoms with Crippen LogP contribution in [0.25, 0.3) is 5.69 Å². The Bertz CT molecular complexity index is 747. The third-order valence-corrected chi connectivity index (χ3v) is 2.68. The summed E-state index contributed by atoms with van der Waals surface area (Å²) in [6, 6.07) is 8.29. The van der Waals surface area contributed by atoms with Crippen molar-refractivity contribution >= 4 is 5.97 Å². The van der Waals surface area contributed by atoms with Gasteiger partial charge in [-0.05, 0) is 30.7 Å². The molecule has 0 aliphatic rings. The molecule has 0 aliphatic heterocycles. The summed E-state index contributed by atoms with van der Waals surface area (Å²) in [6.45, 7) is 1.73. The first kappa shape index (κ1) is 12.3. The number of hydrogen-bond acceptors (Lipinski definition) is 4. The number of aromatic nitrogens is 2. The molecule has 0 spiro atoms. The Labute approximate surface area is 108 Å². The molecular formula is C13H8N4O2. The topological polar surface area (TPSA) is 103 Å². The van der Waals surface area contributed by atoms with Gasteiger partial charge in [-0.25, -0.2) is 9.78 Å². The number of carbonyl (C=O) groups is 1. The van der Waals surface area contributed by atoms with Crippen molar-refractivity contribution in [3.05, 3.63) is 47.0 Å². The van der Waals surface area contributed by atoms with E-state index in [4.69, 9.17) is 15.6 Å². The summed E-state index contributed by atoms with van der Waals surface area (Å²) in [5.41, 5.74) is 1.65. The average Bonchev–Trinajstić information content (AvgIpc) is 2.80. The Hall–Kier alpha value is -3.12. The predicted molar refractivity (Wildman–Crippen MR) is 64.7 cm³/mol. The zero-order valence-corrected chi connectivity index (χ0v) is 9.95. The molecule has 0 fully saturated rings. The monoisotopic (exact) mass is 252 g/mol. The molecule has 0 saturated carbocycles. The van der Waals surface area contributed by atoms with Gasteiger partial charge in [0.25, 0.3) is 0 Å². The van der Waals surface area contributed by atoms with Crippen LogP contribution in [0.4, 0.5) is 0 Å². The number of rotatable bonds is 2. The second kappa shape index (κ2) is 4.63. The fourth-order valence-electron chi connectivity index (χ4n) is 1.78. The highest BCUT2D eigenvalue weighted by atomic mass is 16.4. The lowest BCUT2D eigenvalue weighted by atomic mass is 10.1. The van der Waals surface area contributed by atoms with Gasteiger partial charge in [0.2, 0.25) is 0 Å². The molecule has 92 valence electrons. The molecule has 6 heteroatoms. The van der Waals surface area contributed by atoms with E-state index < -0.39 is 5.97 Å². The van der Waals surface area contributed by atoms with E-state index >= 15 is 0 Å². The van der Waals surface area contributed by atoms with Crippen LogP contribution in [0, 0.1) is 29.6 Å². The number of aryl methyl sites for hydroxylation is 1. The molecule has 1 aromatic heterocycles. The molecule has 0 atom stereocenters. The zero-order valence-electron chi connectivity index (χ0n) is 9.95. The number of nitrogens with zero attached hydrogens (tertiary/aromatic N) is 4. The molecule has 6 nitrogen and oxygen atoms in total. The van der Waals surface area contributed by atoms with E-state index in [9.17, 15) is 4.79 Å². The van der Waals surface area contributed by atoms with Crippen molar-refractivity contribution in [2.75, 3.05) is 0 Å². The molecular weight excluding hydrogens is 244 g/mol. The smallest absolute Gasteiger partial charge is 0.335 e. The first-order valence-corrected chi connectivity index (χ1v) is 5.30. The van der Waals surface area contributed by atoms with Gasteiger partial charge in [-0.1, -0.05) is 0 Å². The minimum absolute atomic E-state index is 0.0456. The van der Waals surface area contributed by atoms with Crippen molar-refractivity contribution < 1.29 is 9.90 Å². The highest BCUT2D eigenvalue weighted by Gasteiger charge is 2.14. The van der Waals surface area contributed by atoms with Crippen molar-refractivity contribution in [3.8, 4) is 17.8 Å². The summed E-state index contributed by atoms with van der Waals surface area (Å²) >= 11 is 0. The lowest BCUT2D eigenvalue weighted by molar-refractivity contribution is 0.0697. The van der Waals surface area contributed by atoms with Crippen LogP contribution >= 0.6 is 0 Å². The average molecular weight is 252 g/mol. The molecule has 2 aromatic rings. The zero-order chi connectivity index (χ0) is 14.0. The van der Waals surface area contributed by atoms with Gasteiger partial charge in [-0.3, -0.25) is 4.57 Å². The molecule has 0 unspecified atom stereocenters. The van der Waals surface area contributed by atoms with Crippen LogP contribution in [0.1, 0.15) is 27.3 Å². The lowest BCUT2D eigenvalue weighted by Crippen LogP contribution is -2.02. The fraction of sp³-hybridized carbons (Fsp3) is 0.0769. The molecule has 1 aromatic carbocycles. The highest BCUT2D eigenvalue weighted by molar-refractivity contribution is 5.88. The van der Waals surface area contributed by atoms with E-state index in [0.717, 1.165) is 0 Å². The maximum Gasteiger partial charge on any atom is 0.335 e. The van der Waals surface area contributed by atoms with E-state index in [-0.39, 0.29) is 17.0 Å². The van der Waals surface area contributed by atoms with Crippen LogP contribution in [0.5, 0.6) is 0 Å². The minimum Gasteiger partial charge on any atom is -0.478 e. The second-order valence-corrected chi connectivity index (χ2v) is 3.84. The molecule has 0 radical (unpaired) electrons. The molecule has 0 aliphatic carbocycles. The number of imidazole rings is 1. The van der Waals surface area contributed by atoms with E-state index in [2.05, 4.69) is 4.98 Å². The van der Waals surface area contributed by atoms with Gasteiger partial charge in [-0.15, -0.1) is 0 Å². The van der Waals surface area contributed by atoms with Crippen molar-refractivity contribution in [2.24, 2.45) is 0 Å². The van der Waals surface area contributed by atoms with Crippen LogP contribution in [0.15, 0.2) is 24.5 Å². The molecule has 0 bridgehead atoms. The van der Waals surface area contributed by atoms with Gasteiger partial charge < -0.3 is 5.11 Å². The lowest BCUT2D eigenvalue weighted by Gasteiger charge is -2.08. The third kappa shape index (κ3) is 2.03. The number of nitriles is 2. The van der Waals surface area contributed by atoms with Crippen LogP contribution in [0.3, 0.4) is 0 Å². The van der Waals surface area contributed by atoms with Crippen LogP contribution in [0.2, 0.25) is 0 Å². The highest BCUT2D eigenvalue weighted by Crippen LogP contribution is 2.19. The van der Waals surface area contributed by atoms with Crippen LogP contribution in [-0.4, -0.2) is 20.6 Å². The fourth-order valence-corrected chi connectivity index (χ4v) is 1.78. The first-order valence-electron chi connectivity index (χ1n) is 5.30. The summed E-state index contributed by atoms with van der Waals surface area (Å²) in [4.78, 5) is 14.7. The Morgan fingerprint density at radius 2 is 2.11 bits per heavy atom. The molecule has 0 saturated heterocycles. The normalized spacial score (nSPS) is 9.63. The molecule has 2 rings (SSSR count). The molecule has 19 heavy (non-hydrogen) atoms. The van der Waals surface area contributed by atoms with E-state index in [1.165, 1.54) is 23.0 Å². The standard InChI is InChI=1S/C13H8N4O2/c1-8-4-9(13(18)19)2-3-11(8)17-7-16-10(5-14)12(17)6-15/h2-4,7H,1H3,(H,18,19). The van der Waals surface area contributed by atoms with Gasteiger partial charge in [0.1, 0.15) is 18.5 Å². The van der Waals surface area contributed by atoms with E-state index in [1.807, 2.05) is 12.1 Å². The van der Waals surface area contributed by atoms with Crippen molar-refractivity contribution in [2.45, 2.75) is 6.92 Å². The summed E-state index contributed by atoms with van der Waals surface area (Å²) in [5.74, 6) is -1.02. The first-order chi connectivity index (χ1) is 9.08. The molecule has 1 heterocycles. The van der Waals surface area contributed by atoms with Gasteiger partial charge >= 0.3 is 5.97 Å². The van der Waals surface area contributed by atoms with E-state index in [0.29, 0.717) is 11.3 Å². The Kier molecular flexibility index (Phi) is 3.01. The number of hydrogen-bond donors (Lipinski definition) is 1. The van der Waals surface area contributed by atoms with Crippen molar-refractivity contribution in [3.63, 3.8) is 0 Å². The SMILES string of the molecule is Cc1cc(C(=O)O)ccc1-n1cnc(C#N)c1C#N. The van der Waals surface area contributed by atoms with Gasteiger partial charge in [0.15, 0.2) is 11.4 Å². The number of aromatic carboxylic acids is 1. The quantitative estimate of drug-likeness (QED) is 0.874. The molecule has 0 amide bonds. The Morgan fingerprint density at radius 3 is 2.63 bits per heavy atom. The van der Waals surface area contributed by atoms with Crippen LogP contribution in [-0.2, 0) is 0 Å². The summed E-state index contributed by atoms with van der Waals surface area (Å²) in [5, 5.41) is 26.8. The van der Waals surface area contributed by atoms with Gasteiger partial charge in [0.05, 0.1) is 11.3 Å². The summed E-state index contributed by atoms with van der Waals surface area (Å²) in [7, 11) is 0.